The zero-order chi connectivity index (χ0) is 45.8. The maximum atomic E-state index is 14.0. The lowest BCUT2D eigenvalue weighted by Crippen LogP contribution is -2.47. The van der Waals surface area contributed by atoms with Gasteiger partial charge in [-0.2, -0.15) is 0 Å². The highest BCUT2D eigenvalue weighted by Gasteiger charge is 2.45. The van der Waals surface area contributed by atoms with Gasteiger partial charge in [-0.15, -0.1) is 32.9 Å². The standard InChI is InChI=1S/C54H48N6O5S2/c1-32-33(2)66-53-47(32)49(56-44(29-46-55-22-26-65-46)52-58-57-34(3)60(52)53)37-8-6-35(7-9-37)4-5-36-30-54(31-36)20-23-59(24-21-54)25-27-64-42-17-12-38(13-18-42)50(63)48-43-19-16-41(62)28-45(43)67-51(48)39-10-14-40(61)15-11-39/h6-19,22,26,28,36,44,61-62H,20-21,23-25,27,29-31H2,1-3H3/t44-/m0/s1. The second kappa shape index (κ2) is 17.4. The Bertz CT molecular complexity index is 3230. The number of carbonyl (C=O) groups is 1. The molecular weight excluding hydrogens is 877 g/mol. The van der Waals surface area contributed by atoms with Gasteiger partial charge in [0.05, 0.1) is 18.3 Å². The van der Waals surface area contributed by atoms with Crippen LogP contribution in [-0.4, -0.2) is 72.6 Å². The van der Waals surface area contributed by atoms with Crippen molar-refractivity contribution >= 4 is 44.3 Å². The van der Waals surface area contributed by atoms with E-state index in [4.69, 9.17) is 14.1 Å². The Balaban J connectivity index is 0.684. The summed E-state index contributed by atoms with van der Waals surface area (Å²) in [6.45, 7) is 9.85. The molecule has 336 valence electrons. The summed E-state index contributed by atoms with van der Waals surface area (Å²) >= 11 is 3.20. The molecule has 0 radical (unpaired) electrons. The molecule has 11 rings (SSSR count). The van der Waals surface area contributed by atoms with E-state index in [0.29, 0.717) is 41.4 Å². The highest BCUT2D eigenvalue weighted by atomic mass is 32.1. The molecule has 11 nitrogen and oxygen atoms in total. The van der Waals surface area contributed by atoms with Crippen molar-refractivity contribution in [2.75, 3.05) is 26.2 Å². The lowest BCUT2D eigenvalue weighted by atomic mass is 9.58. The van der Waals surface area contributed by atoms with Crippen LogP contribution >= 0.6 is 22.7 Å². The molecule has 0 bridgehead atoms. The number of phenols is 2. The molecule has 0 amide bonds. The monoisotopic (exact) mass is 924 g/mol. The number of oxazole rings is 1. The van der Waals surface area contributed by atoms with Crippen molar-refractivity contribution in [3.05, 3.63) is 159 Å². The van der Waals surface area contributed by atoms with E-state index >= 15 is 0 Å². The maximum absolute atomic E-state index is 14.0. The van der Waals surface area contributed by atoms with Crippen LogP contribution in [0.5, 0.6) is 17.2 Å². The number of fused-ring (bicyclic) bond motifs is 4. The second-order valence-corrected chi connectivity index (χ2v) is 20.3. The number of carbonyl (C=O) groups excluding carboxylic acids is 1. The Morgan fingerprint density at radius 3 is 2.39 bits per heavy atom. The van der Waals surface area contributed by atoms with Gasteiger partial charge in [0, 0.05) is 60.1 Å². The average molecular weight is 925 g/mol. The third-order valence-corrected chi connectivity index (χ3v) is 16.2. The molecule has 1 aliphatic carbocycles. The van der Waals surface area contributed by atoms with Gasteiger partial charge in [0.15, 0.2) is 17.5 Å². The Morgan fingerprint density at radius 2 is 1.64 bits per heavy atom. The first-order valence-corrected chi connectivity index (χ1v) is 24.4. The average Bonchev–Trinajstić information content (AvgIpc) is 4.12. The highest BCUT2D eigenvalue weighted by molar-refractivity contribution is 7.22. The zero-order valence-corrected chi connectivity index (χ0v) is 39.1. The largest absolute Gasteiger partial charge is 0.508 e. The summed E-state index contributed by atoms with van der Waals surface area (Å²) in [6, 6.07) is 27.5. The fourth-order valence-electron chi connectivity index (χ4n) is 9.95. The van der Waals surface area contributed by atoms with Crippen LogP contribution in [0.3, 0.4) is 0 Å². The van der Waals surface area contributed by atoms with Gasteiger partial charge in [-0.25, -0.2) is 4.98 Å². The highest BCUT2D eigenvalue weighted by Crippen LogP contribution is 2.52. The summed E-state index contributed by atoms with van der Waals surface area (Å²) in [4.78, 5) is 28.3. The number of benzene rings is 4. The molecule has 2 N–H and O–H groups in total. The number of rotatable bonds is 10. The molecule has 4 aromatic heterocycles. The predicted octanol–water partition coefficient (Wildman–Crippen LogP) is 10.8. The summed E-state index contributed by atoms with van der Waals surface area (Å²) in [5.74, 6) is 10.7. The minimum Gasteiger partial charge on any atom is -0.508 e. The van der Waals surface area contributed by atoms with Crippen molar-refractivity contribution in [1.82, 2.24) is 24.6 Å². The fraction of sp³-hybridized carbons (Fsp3) is 0.278. The number of thiophene rings is 2. The number of ether oxygens (including phenoxy) is 1. The van der Waals surface area contributed by atoms with Crippen molar-refractivity contribution in [3.63, 3.8) is 0 Å². The fourth-order valence-corrected chi connectivity index (χ4v) is 12.4. The topological polar surface area (TPSA) is 139 Å². The molecule has 67 heavy (non-hydrogen) atoms. The lowest BCUT2D eigenvalue weighted by Gasteiger charge is -2.51. The van der Waals surface area contributed by atoms with E-state index in [1.807, 2.05) is 31.2 Å². The quantitative estimate of drug-likeness (QED) is 0.101. The van der Waals surface area contributed by atoms with E-state index in [2.05, 4.69) is 74.6 Å². The number of hydrogen-bond donors (Lipinski definition) is 2. The van der Waals surface area contributed by atoms with Crippen LogP contribution in [0, 0.1) is 43.9 Å². The first kappa shape index (κ1) is 42.8. The number of aliphatic imine (C=N–C) groups is 1. The van der Waals surface area contributed by atoms with Crippen molar-refractivity contribution in [2.24, 2.45) is 16.3 Å². The van der Waals surface area contributed by atoms with Crippen molar-refractivity contribution in [1.29, 1.82) is 0 Å². The SMILES string of the molecule is Cc1sc2c(c1C)C(c1ccc(C#CC3CC4(CCN(CCOc5ccc(C(=O)c6c(-c7ccc(O)cc7)sc7cc(O)ccc67)cc5)CC4)C3)cc1)=N[C@@H](Cc1ncco1)c1nnc(C)n1-2. The molecule has 1 atom stereocenters. The summed E-state index contributed by atoms with van der Waals surface area (Å²) in [5.41, 5.74) is 7.68. The number of phenolic OH excluding ortho intramolecular Hbond substituents is 2. The third kappa shape index (κ3) is 8.24. The summed E-state index contributed by atoms with van der Waals surface area (Å²) in [7, 11) is 0. The van der Waals surface area contributed by atoms with E-state index in [1.165, 1.54) is 34.6 Å². The molecule has 6 heterocycles. The van der Waals surface area contributed by atoms with Gasteiger partial charge in [0.1, 0.15) is 47.0 Å². The smallest absolute Gasteiger partial charge is 0.196 e. The van der Waals surface area contributed by atoms with Gasteiger partial charge < -0.3 is 19.4 Å². The predicted molar refractivity (Wildman–Crippen MR) is 262 cm³/mol. The molecule has 8 aromatic rings. The Kier molecular flexibility index (Phi) is 11.1. The van der Waals surface area contributed by atoms with E-state index in [9.17, 15) is 15.0 Å². The molecule has 0 unspecified atom stereocenters. The van der Waals surface area contributed by atoms with Crippen LogP contribution < -0.4 is 4.74 Å². The van der Waals surface area contributed by atoms with Gasteiger partial charge in [0.2, 0.25) is 0 Å². The first-order valence-electron chi connectivity index (χ1n) is 22.7. The van der Waals surface area contributed by atoms with Gasteiger partial charge in [-0.3, -0.25) is 19.3 Å². The molecular formula is C54H48N6O5S2. The van der Waals surface area contributed by atoms with Gasteiger partial charge in [0.25, 0.3) is 0 Å². The Morgan fingerprint density at radius 1 is 0.896 bits per heavy atom. The maximum Gasteiger partial charge on any atom is 0.196 e. The van der Waals surface area contributed by atoms with Crippen LogP contribution in [0.2, 0.25) is 0 Å². The molecule has 3 aliphatic rings. The van der Waals surface area contributed by atoms with Crippen molar-refractivity contribution in [3.8, 4) is 44.5 Å². The number of likely N-dealkylation sites (tertiary alicyclic amines) is 1. The molecule has 4 aromatic carbocycles. The molecule has 1 saturated carbocycles. The van der Waals surface area contributed by atoms with Crippen molar-refractivity contribution in [2.45, 2.75) is 58.9 Å². The summed E-state index contributed by atoms with van der Waals surface area (Å²) in [6.07, 6.45) is 8.40. The summed E-state index contributed by atoms with van der Waals surface area (Å²) < 4.78 is 14.8. The number of hydrogen-bond acceptors (Lipinski definition) is 12. The summed E-state index contributed by atoms with van der Waals surface area (Å²) in [5, 5.41) is 30.9. The van der Waals surface area contributed by atoms with Crippen LogP contribution in [0.25, 0.3) is 25.5 Å². The minimum atomic E-state index is -0.310. The van der Waals surface area contributed by atoms with Crippen LogP contribution in [-0.2, 0) is 6.42 Å². The lowest BCUT2D eigenvalue weighted by molar-refractivity contribution is 0.00471. The molecule has 1 spiro atoms. The number of piperidine rings is 1. The molecule has 1 saturated heterocycles. The van der Waals surface area contributed by atoms with E-state index in [1.54, 1.807) is 66.3 Å². The van der Waals surface area contributed by atoms with Crippen LogP contribution in [0.1, 0.15) is 92.3 Å². The van der Waals surface area contributed by atoms with E-state index in [-0.39, 0.29) is 23.3 Å². The number of nitrogens with zero attached hydrogens (tertiary/aromatic N) is 6. The number of aromatic nitrogens is 4. The van der Waals surface area contributed by atoms with E-state index < -0.39 is 0 Å². The minimum absolute atomic E-state index is 0.103. The number of aromatic hydroxyl groups is 2. The van der Waals surface area contributed by atoms with Gasteiger partial charge in [-0.05, 0) is 155 Å². The van der Waals surface area contributed by atoms with Crippen LogP contribution in [0.4, 0.5) is 0 Å². The van der Waals surface area contributed by atoms with Crippen LogP contribution in [0.15, 0.2) is 113 Å². The van der Waals surface area contributed by atoms with Gasteiger partial charge >= 0.3 is 0 Å². The normalized spacial score (nSPS) is 16.7. The number of ketones is 1. The second-order valence-electron chi connectivity index (χ2n) is 18.1. The van der Waals surface area contributed by atoms with E-state index in [0.717, 1.165) is 97.8 Å². The molecule has 2 aliphatic heterocycles. The first-order chi connectivity index (χ1) is 32.6. The molecule has 2 fully saturated rings. The van der Waals surface area contributed by atoms with Gasteiger partial charge in [-0.1, -0.05) is 24.0 Å². The third-order valence-electron chi connectivity index (χ3n) is 13.8. The Labute approximate surface area is 396 Å². The molecule has 13 heteroatoms. The number of aryl methyl sites for hydroxylation is 2. The van der Waals surface area contributed by atoms with Crippen molar-refractivity contribution < 1.29 is 24.2 Å². The zero-order valence-electron chi connectivity index (χ0n) is 37.5. The Hall–Kier alpha value is -6.85.